The lowest BCUT2D eigenvalue weighted by molar-refractivity contribution is -0.143. The topological polar surface area (TPSA) is 47.6 Å². The van der Waals surface area contributed by atoms with Crippen LogP contribution in [0.25, 0.3) is 0 Å². The fourth-order valence-electron chi connectivity index (χ4n) is 2.81. The molecule has 0 aliphatic heterocycles. The first-order valence-corrected chi connectivity index (χ1v) is 9.00. The Bertz CT molecular complexity index is 717. The van der Waals surface area contributed by atoms with Gasteiger partial charge >= 0.3 is 5.97 Å². The Morgan fingerprint density at radius 1 is 1.08 bits per heavy atom. The van der Waals surface area contributed by atoms with Gasteiger partial charge < -0.3 is 14.8 Å². The summed E-state index contributed by atoms with van der Waals surface area (Å²) in [5.41, 5.74) is 3.24. The van der Waals surface area contributed by atoms with E-state index in [4.69, 9.17) is 9.47 Å². The zero-order chi connectivity index (χ0) is 19.2. The van der Waals surface area contributed by atoms with Gasteiger partial charge in [0, 0.05) is 0 Å². The number of benzene rings is 2. The van der Waals surface area contributed by atoms with Crippen molar-refractivity contribution in [3.63, 3.8) is 0 Å². The number of rotatable bonds is 7. The van der Waals surface area contributed by atoms with E-state index < -0.39 is 0 Å². The molecule has 0 amide bonds. The Labute approximate surface area is 156 Å². The van der Waals surface area contributed by atoms with Gasteiger partial charge in [0.25, 0.3) is 0 Å². The largest absolute Gasteiger partial charge is 0.495 e. The molecule has 1 N–H and O–H groups in total. The molecule has 0 spiro atoms. The molecule has 0 aliphatic rings. The fraction of sp³-hybridized carbons (Fsp3) is 0.409. The Morgan fingerprint density at radius 2 is 1.73 bits per heavy atom. The van der Waals surface area contributed by atoms with Gasteiger partial charge in [-0.25, -0.2) is 0 Å². The van der Waals surface area contributed by atoms with E-state index in [1.54, 1.807) is 7.11 Å². The standard InChI is InChI=1S/C22H29NO3/c1-6-26-21(24)15-19(23-18-9-7-8-10-20(18)25-5)16-11-13-17(14-12-16)22(2,3)4/h7-14,19,23H,6,15H2,1-5H3/t19-/m1/s1. The molecular weight excluding hydrogens is 326 g/mol. The van der Waals surface area contributed by atoms with Gasteiger partial charge in [0.05, 0.1) is 31.9 Å². The van der Waals surface area contributed by atoms with Crippen molar-refractivity contribution in [3.05, 3.63) is 59.7 Å². The summed E-state index contributed by atoms with van der Waals surface area (Å²) in [6.45, 7) is 8.75. The van der Waals surface area contributed by atoms with E-state index in [1.807, 2.05) is 31.2 Å². The van der Waals surface area contributed by atoms with Gasteiger partial charge in [0.15, 0.2) is 0 Å². The molecule has 0 radical (unpaired) electrons. The molecule has 0 aromatic heterocycles. The predicted molar refractivity (Wildman–Crippen MR) is 106 cm³/mol. The molecular formula is C22H29NO3. The van der Waals surface area contributed by atoms with Crippen molar-refractivity contribution in [2.45, 2.75) is 45.6 Å². The monoisotopic (exact) mass is 355 g/mol. The molecule has 0 heterocycles. The summed E-state index contributed by atoms with van der Waals surface area (Å²) in [4.78, 5) is 12.1. The fourth-order valence-corrected chi connectivity index (χ4v) is 2.81. The summed E-state index contributed by atoms with van der Waals surface area (Å²) in [6.07, 6.45) is 0.251. The summed E-state index contributed by atoms with van der Waals surface area (Å²) in [6, 6.07) is 15.9. The van der Waals surface area contributed by atoms with Crippen molar-refractivity contribution >= 4 is 11.7 Å². The van der Waals surface area contributed by atoms with Crippen LogP contribution < -0.4 is 10.1 Å². The SMILES string of the molecule is CCOC(=O)C[C@@H](Nc1ccccc1OC)c1ccc(C(C)(C)C)cc1. The number of nitrogens with one attached hydrogen (secondary N) is 1. The van der Waals surface area contributed by atoms with Gasteiger partial charge in [-0.1, -0.05) is 57.2 Å². The van der Waals surface area contributed by atoms with Crippen molar-refractivity contribution in [1.82, 2.24) is 0 Å². The van der Waals surface area contributed by atoms with E-state index in [-0.39, 0.29) is 23.8 Å². The quantitative estimate of drug-likeness (QED) is 0.702. The van der Waals surface area contributed by atoms with Gasteiger partial charge in [0.2, 0.25) is 0 Å². The Hall–Kier alpha value is -2.49. The number of anilines is 1. The van der Waals surface area contributed by atoms with Crippen LogP contribution in [0.2, 0.25) is 0 Å². The number of para-hydroxylation sites is 2. The van der Waals surface area contributed by atoms with Crippen LogP contribution >= 0.6 is 0 Å². The second kappa shape index (κ2) is 8.75. The summed E-state index contributed by atoms with van der Waals surface area (Å²) >= 11 is 0. The van der Waals surface area contributed by atoms with Crippen molar-refractivity contribution in [3.8, 4) is 5.75 Å². The van der Waals surface area contributed by atoms with E-state index in [2.05, 4.69) is 50.4 Å². The third-order valence-corrected chi connectivity index (χ3v) is 4.29. The molecule has 0 aliphatic carbocycles. The highest BCUT2D eigenvalue weighted by Gasteiger charge is 2.20. The van der Waals surface area contributed by atoms with Crippen molar-refractivity contribution in [2.75, 3.05) is 19.0 Å². The van der Waals surface area contributed by atoms with Crippen LogP contribution in [0.15, 0.2) is 48.5 Å². The number of hydrogen-bond donors (Lipinski definition) is 1. The second-order valence-corrected chi connectivity index (χ2v) is 7.28. The second-order valence-electron chi connectivity index (χ2n) is 7.28. The molecule has 2 rings (SSSR count). The maximum atomic E-state index is 12.1. The molecule has 0 unspecified atom stereocenters. The first-order chi connectivity index (χ1) is 12.3. The molecule has 4 nitrogen and oxygen atoms in total. The van der Waals surface area contributed by atoms with E-state index in [0.717, 1.165) is 17.0 Å². The number of hydrogen-bond acceptors (Lipinski definition) is 4. The number of carbonyl (C=O) groups is 1. The summed E-state index contributed by atoms with van der Waals surface area (Å²) in [7, 11) is 1.64. The van der Waals surface area contributed by atoms with E-state index in [0.29, 0.717) is 6.61 Å². The average molecular weight is 355 g/mol. The molecule has 140 valence electrons. The van der Waals surface area contributed by atoms with Crippen molar-refractivity contribution in [1.29, 1.82) is 0 Å². The third-order valence-electron chi connectivity index (χ3n) is 4.29. The molecule has 2 aromatic carbocycles. The average Bonchev–Trinajstić information content (AvgIpc) is 2.61. The predicted octanol–water partition coefficient (Wildman–Crippen LogP) is 5.10. The first-order valence-electron chi connectivity index (χ1n) is 9.00. The van der Waals surface area contributed by atoms with Crippen LogP contribution in [-0.2, 0) is 14.9 Å². The van der Waals surface area contributed by atoms with Gasteiger partial charge in [-0.15, -0.1) is 0 Å². The molecule has 4 heteroatoms. The zero-order valence-corrected chi connectivity index (χ0v) is 16.3. The van der Waals surface area contributed by atoms with Gasteiger partial charge in [0.1, 0.15) is 5.75 Å². The van der Waals surface area contributed by atoms with Crippen LogP contribution in [0.3, 0.4) is 0 Å². The Balaban J connectivity index is 2.30. The molecule has 2 aromatic rings. The van der Waals surface area contributed by atoms with E-state index >= 15 is 0 Å². The minimum Gasteiger partial charge on any atom is -0.495 e. The Morgan fingerprint density at radius 3 is 2.31 bits per heavy atom. The van der Waals surface area contributed by atoms with Crippen molar-refractivity contribution < 1.29 is 14.3 Å². The molecule has 1 atom stereocenters. The minimum atomic E-state index is -0.222. The van der Waals surface area contributed by atoms with Crippen LogP contribution in [0.4, 0.5) is 5.69 Å². The number of esters is 1. The van der Waals surface area contributed by atoms with Crippen LogP contribution in [0.5, 0.6) is 5.75 Å². The Kier molecular flexibility index (Phi) is 6.67. The van der Waals surface area contributed by atoms with Crippen LogP contribution in [0.1, 0.15) is 51.3 Å². The van der Waals surface area contributed by atoms with Crippen molar-refractivity contribution in [2.24, 2.45) is 0 Å². The molecule has 26 heavy (non-hydrogen) atoms. The van der Waals surface area contributed by atoms with Gasteiger partial charge in [-0.3, -0.25) is 4.79 Å². The summed E-state index contributed by atoms with van der Waals surface area (Å²) in [5, 5.41) is 3.44. The third kappa shape index (κ3) is 5.25. The molecule has 0 saturated heterocycles. The number of ether oxygens (including phenoxy) is 2. The smallest absolute Gasteiger partial charge is 0.308 e. The molecule has 0 bridgehead atoms. The first kappa shape index (κ1) is 19.8. The summed E-state index contributed by atoms with van der Waals surface area (Å²) < 4.78 is 10.6. The highest BCUT2D eigenvalue weighted by Crippen LogP contribution is 2.31. The maximum Gasteiger partial charge on any atom is 0.308 e. The zero-order valence-electron chi connectivity index (χ0n) is 16.3. The highest BCUT2D eigenvalue weighted by molar-refractivity contribution is 5.71. The van der Waals surface area contributed by atoms with Crippen LogP contribution in [-0.4, -0.2) is 19.7 Å². The number of carbonyl (C=O) groups excluding carboxylic acids is 1. The number of methoxy groups -OCH3 is 1. The lowest BCUT2D eigenvalue weighted by Crippen LogP contribution is -2.18. The normalized spacial score (nSPS) is 12.3. The van der Waals surface area contributed by atoms with E-state index in [1.165, 1.54) is 5.56 Å². The van der Waals surface area contributed by atoms with E-state index in [9.17, 15) is 4.79 Å². The minimum absolute atomic E-state index is 0.0885. The highest BCUT2D eigenvalue weighted by atomic mass is 16.5. The molecule has 0 fully saturated rings. The van der Waals surface area contributed by atoms with Gasteiger partial charge in [-0.05, 0) is 35.6 Å². The lowest BCUT2D eigenvalue weighted by atomic mass is 9.86. The lowest BCUT2D eigenvalue weighted by Gasteiger charge is -2.23. The maximum absolute atomic E-state index is 12.1. The molecule has 0 saturated carbocycles. The van der Waals surface area contributed by atoms with Crippen LogP contribution in [0, 0.1) is 0 Å². The van der Waals surface area contributed by atoms with Gasteiger partial charge in [-0.2, -0.15) is 0 Å². The summed E-state index contributed by atoms with van der Waals surface area (Å²) in [5.74, 6) is 0.521.